The summed E-state index contributed by atoms with van der Waals surface area (Å²) in [6.45, 7) is 23.9. The first-order valence-electron chi connectivity index (χ1n) is 21.6. The van der Waals surface area contributed by atoms with Crippen molar-refractivity contribution in [2.24, 2.45) is 34.0 Å². The average Bonchev–Trinajstić information content (AvgIpc) is 3.52. The van der Waals surface area contributed by atoms with E-state index in [1.54, 1.807) is 4.90 Å². The first-order valence-corrected chi connectivity index (χ1v) is 23.5. The maximum atomic E-state index is 14.5. The second-order valence-electron chi connectivity index (χ2n) is 20.4. The number of amides is 1. The van der Waals surface area contributed by atoms with E-state index in [-0.39, 0.29) is 41.3 Å². The van der Waals surface area contributed by atoms with Gasteiger partial charge in [-0.25, -0.2) is 9.59 Å². The summed E-state index contributed by atoms with van der Waals surface area (Å²) in [6.07, 6.45) is 2.53. The lowest BCUT2D eigenvalue weighted by atomic mass is 9.43. The summed E-state index contributed by atoms with van der Waals surface area (Å²) in [7, 11) is -3.01. The lowest BCUT2D eigenvalue weighted by molar-refractivity contribution is -0.217. The monoisotopic (exact) mass is 802 g/mol. The van der Waals surface area contributed by atoms with Crippen LogP contribution in [0.5, 0.6) is 0 Å². The Balaban J connectivity index is 1.30. The summed E-state index contributed by atoms with van der Waals surface area (Å²) >= 11 is 0. The van der Waals surface area contributed by atoms with Crippen molar-refractivity contribution in [3.63, 3.8) is 0 Å². The average molecular weight is 803 g/mol. The Bertz CT molecular complexity index is 1700. The van der Waals surface area contributed by atoms with Crippen LogP contribution in [0.2, 0.25) is 5.04 Å². The van der Waals surface area contributed by atoms with Crippen LogP contribution < -0.4 is 10.4 Å². The van der Waals surface area contributed by atoms with E-state index in [1.165, 1.54) is 0 Å². The van der Waals surface area contributed by atoms with Crippen LogP contribution in [0.25, 0.3) is 0 Å². The molecule has 2 aromatic rings. The molecule has 8 atom stereocenters. The van der Waals surface area contributed by atoms with Gasteiger partial charge in [0.1, 0.15) is 24.1 Å². The normalized spacial score (nSPS) is 32.6. The molecule has 2 bridgehead atoms. The first-order chi connectivity index (χ1) is 26.7. The molecule has 1 heterocycles. The standard InChI is InChI=1S/C47H70N2O7Si/c1-11-45(9)30-38(55-39(51)32-54-57(44(6,7)8,34-18-14-12-15-19-34)35-20-16-13-17-21-35)46(10)33(2)22-24-47(25-23-37(50)40(46)47)36(41(45)52)31-48-26-28-49(29-27-48)42(53)56-43(3,4)5/h12-21,33,36,38,40-41,52H,11,22-32H2,1-10H3/t33-,36-,38-,40?,41+,45+,46+,47+/m1/s1. The molecular formula is C47H70N2O7Si. The molecule has 10 heteroatoms. The van der Waals surface area contributed by atoms with Crippen molar-refractivity contribution < 1.29 is 33.4 Å². The molecule has 3 saturated carbocycles. The van der Waals surface area contributed by atoms with Crippen molar-refractivity contribution in [2.75, 3.05) is 39.3 Å². The fraction of sp³-hybridized carbons (Fsp3) is 0.681. The molecule has 3 aliphatic carbocycles. The predicted octanol–water partition coefficient (Wildman–Crippen LogP) is 7.23. The number of aliphatic hydroxyl groups is 1. The van der Waals surface area contributed by atoms with Crippen LogP contribution in [0, 0.1) is 34.0 Å². The van der Waals surface area contributed by atoms with Crippen molar-refractivity contribution >= 4 is 36.5 Å². The van der Waals surface area contributed by atoms with E-state index in [2.05, 4.69) is 77.6 Å². The number of carbonyl (C=O) groups is 3. The topological polar surface area (TPSA) is 106 Å². The predicted molar refractivity (Wildman–Crippen MR) is 227 cm³/mol. The van der Waals surface area contributed by atoms with Crippen LogP contribution in [-0.2, 0) is 23.5 Å². The quantitative estimate of drug-likeness (QED) is 0.209. The Labute approximate surface area is 343 Å². The van der Waals surface area contributed by atoms with Crippen molar-refractivity contribution in [3.8, 4) is 0 Å². The summed E-state index contributed by atoms with van der Waals surface area (Å²) in [5, 5.41) is 14.7. The SMILES string of the molecule is CC[C@@]1(C)C[C@@H](OC(=O)CO[Si](c2ccccc2)(c2ccccc2)C(C)(C)C)[C@@]2(C)C3C(=O)CC[C@@]3(CC[C@H]2C)[C@H](CN2CCN(C(=O)OC(C)(C)C)CC2)[C@@H]1O. The van der Waals surface area contributed by atoms with E-state index in [4.69, 9.17) is 13.9 Å². The van der Waals surface area contributed by atoms with Crippen LogP contribution in [0.1, 0.15) is 108 Å². The molecule has 9 nitrogen and oxygen atoms in total. The molecule has 314 valence electrons. The highest BCUT2D eigenvalue weighted by atomic mass is 28.4. The zero-order valence-electron chi connectivity index (χ0n) is 36.4. The number of rotatable bonds is 9. The third-order valence-electron chi connectivity index (χ3n) is 15.0. The molecule has 1 saturated heterocycles. The van der Waals surface area contributed by atoms with Gasteiger partial charge in [-0.05, 0) is 85.0 Å². The molecule has 1 unspecified atom stereocenters. The van der Waals surface area contributed by atoms with E-state index in [1.807, 2.05) is 57.2 Å². The smallest absolute Gasteiger partial charge is 0.410 e. The minimum absolute atomic E-state index is 0.127. The van der Waals surface area contributed by atoms with Gasteiger partial charge in [0.2, 0.25) is 0 Å². The van der Waals surface area contributed by atoms with Crippen molar-refractivity contribution in [1.82, 2.24) is 9.80 Å². The van der Waals surface area contributed by atoms with E-state index in [0.29, 0.717) is 52.0 Å². The number of ketones is 1. The molecule has 2 aromatic carbocycles. The minimum Gasteiger partial charge on any atom is -0.460 e. The van der Waals surface area contributed by atoms with Crippen molar-refractivity contribution in [3.05, 3.63) is 60.7 Å². The summed E-state index contributed by atoms with van der Waals surface area (Å²) in [4.78, 5) is 46.0. The molecule has 4 fully saturated rings. The second-order valence-corrected chi connectivity index (χ2v) is 24.7. The van der Waals surface area contributed by atoms with E-state index in [9.17, 15) is 19.5 Å². The molecule has 0 spiro atoms. The molecule has 0 radical (unpaired) electrons. The highest BCUT2D eigenvalue weighted by Gasteiger charge is 2.69. The number of hydrogen-bond donors (Lipinski definition) is 1. The highest BCUT2D eigenvalue weighted by Crippen LogP contribution is 2.68. The number of aliphatic hydroxyl groups excluding tert-OH is 1. The zero-order valence-corrected chi connectivity index (χ0v) is 37.4. The molecule has 0 aromatic heterocycles. The third kappa shape index (κ3) is 8.01. The van der Waals surface area contributed by atoms with Gasteiger partial charge >= 0.3 is 12.1 Å². The third-order valence-corrected chi connectivity index (χ3v) is 20.0. The Hall–Kier alpha value is -3.05. The number of nitrogens with zero attached hydrogens (tertiary/aromatic N) is 2. The Morgan fingerprint density at radius 1 is 0.895 bits per heavy atom. The van der Waals surface area contributed by atoms with Gasteiger partial charge in [0.05, 0.1) is 6.10 Å². The van der Waals surface area contributed by atoms with Gasteiger partial charge in [-0.15, -0.1) is 0 Å². The Morgan fingerprint density at radius 3 is 2.00 bits per heavy atom. The zero-order chi connectivity index (χ0) is 41.6. The number of esters is 1. The van der Waals surface area contributed by atoms with Crippen LogP contribution in [0.4, 0.5) is 4.79 Å². The van der Waals surface area contributed by atoms with E-state index in [0.717, 1.165) is 29.6 Å². The van der Waals surface area contributed by atoms with Gasteiger partial charge in [-0.3, -0.25) is 9.69 Å². The van der Waals surface area contributed by atoms with Crippen LogP contribution in [-0.4, -0.2) is 98.2 Å². The summed E-state index contributed by atoms with van der Waals surface area (Å²) in [5.41, 5.74) is -2.18. The summed E-state index contributed by atoms with van der Waals surface area (Å²) < 4.78 is 19.5. The van der Waals surface area contributed by atoms with Crippen molar-refractivity contribution in [2.45, 2.75) is 131 Å². The Morgan fingerprint density at radius 2 is 1.47 bits per heavy atom. The number of carbonyl (C=O) groups excluding carboxylic acids is 3. The summed E-state index contributed by atoms with van der Waals surface area (Å²) in [6, 6.07) is 20.6. The van der Waals surface area contributed by atoms with Gasteiger partial charge in [-0.1, -0.05) is 109 Å². The highest BCUT2D eigenvalue weighted by molar-refractivity contribution is 6.99. The Kier molecular flexibility index (Phi) is 12.4. The lowest BCUT2D eigenvalue weighted by Gasteiger charge is -2.63. The number of hydrogen-bond acceptors (Lipinski definition) is 8. The molecule has 1 aliphatic heterocycles. The molecule has 4 aliphatic rings. The van der Waals surface area contributed by atoms with Crippen LogP contribution >= 0.6 is 0 Å². The van der Waals surface area contributed by atoms with Gasteiger partial charge in [0.15, 0.2) is 0 Å². The van der Waals surface area contributed by atoms with Crippen molar-refractivity contribution in [1.29, 1.82) is 0 Å². The molecule has 1 N–H and O–H groups in total. The fourth-order valence-electron chi connectivity index (χ4n) is 11.6. The van der Waals surface area contributed by atoms with Gasteiger partial charge in [-0.2, -0.15) is 0 Å². The van der Waals surface area contributed by atoms with Gasteiger partial charge in [0, 0.05) is 56.4 Å². The van der Waals surface area contributed by atoms with Crippen LogP contribution in [0.15, 0.2) is 60.7 Å². The molecule has 6 rings (SSSR count). The maximum absolute atomic E-state index is 14.5. The second kappa shape index (κ2) is 16.2. The lowest BCUT2D eigenvalue weighted by Crippen LogP contribution is -2.67. The minimum atomic E-state index is -3.01. The number of piperazine rings is 1. The van der Waals surface area contributed by atoms with E-state index < -0.39 is 48.3 Å². The fourth-order valence-corrected chi connectivity index (χ4v) is 16.1. The van der Waals surface area contributed by atoms with Crippen LogP contribution in [0.3, 0.4) is 0 Å². The van der Waals surface area contributed by atoms with Gasteiger partial charge in [0.25, 0.3) is 8.32 Å². The largest absolute Gasteiger partial charge is 0.460 e. The molecule has 57 heavy (non-hydrogen) atoms. The number of benzene rings is 2. The first kappa shape index (κ1) is 43.5. The molecule has 1 amide bonds. The molecular weight excluding hydrogens is 733 g/mol. The number of Topliss-reactive ketones (excluding diaryl/α,β-unsaturated/α-hetero) is 1. The van der Waals surface area contributed by atoms with E-state index >= 15 is 0 Å². The summed E-state index contributed by atoms with van der Waals surface area (Å²) in [5.74, 6) is -0.540. The number of ether oxygens (including phenoxy) is 2. The van der Waals surface area contributed by atoms with Gasteiger partial charge < -0.3 is 23.9 Å². The maximum Gasteiger partial charge on any atom is 0.410 e.